The van der Waals surface area contributed by atoms with E-state index in [-0.39, 0.29) is 30.2 Å². The van der Waals surface area contributed by atoms with Crippen molar-refractivity contribution in [3.05, 3.63) is 0 Å². The van der Waals surface area contributed by atoms with Gasteiger partial charge in [0.1, 0.15) is 0 Å². The first-order valence-electron chi connectivity index (χ1n) is 6.88. The highest BCUT2D eigenvalue weighted by Gasteiger charge is 2.37. The molecule has 2 aliphatic rings. The molecule has 0 bridgehead atoms. The number of aliphatic hydroxyl groups excluding tert-OH is 1. The van der Waals surface area contributed by atoms with Crippen molar-refractivity contribution >= 4 is 5.91 Å². The van der Waals surface area contributed by atoms with Gasteiger partial charge in [0.2, 0.25) is 5.91 Å². The van der Waals surface area contributed by atoms with Gasteiger partial charge >= 0.3 is 0 Å². The smallest absolute Gasteiger partial charge is 0.237 e. The predicted octanol–water partition coefficient (Wildman–Crippen LogP) is 0.175. The lowest BCUT2D eigenvalue weighted by Crippen LogP contribution is -2.56. The summed E-state index contributed by atoms with van der Waals surface area (Å²) in [5.74, 6) is 0.00509. The third-order valence-electron chi connectivity index (χ3n) is 4.24. The Bertz CT molecular complexity index is 290. The Balaban J connectivity index is 1.89. The Morgan fingerprint density at radius 1 is 1.44 bits per heavy atom. The summed E-state index contributed by atoms with van der Waals surface area (Å²) in [6.45, 7) is 0.764. The molecule has 1 saturated heterocycles. The van der Waals surface area contributed by atoms with Gasteiger partial charge in [-0.3, -0.25) is 4.79 Å². The quantitative estimate of drug-likeness (QED) is 0.671. The van der Waals surface area contributed by atoms with Crippen molar-refractivity contribution in [3.63, 3.8) is 0 Å². The monoisotopic (exact) mass is 256 g/mol. The first-order chi connectivity index (χ1) is 8.69. The molecule has 1 amide bonds. The van der Waals surface area contributed by atoms with Gasteiger partial charge in [0.25, 0.3) is 0 Å². The first-order valence-corrected chi connectivity index (χ1v) is 6.88. The van der Waals surface area contributed by atoms with Crippen molar-refractivity contribution in [1.82, 2.24) is 10.6 Å². The van der Waals surface area contributed by atoms with Crippen LogP contribution in [-0.2, 0) is 9.53 Å². The van der Waals surface area contributed by atoms with Gasteiger partial charge in [0, 0.05) is 13.7 Å². The van der Waals surface area contributed by atoms with Crippen LogP contribution in [0.3, 0.4) is 0 Å². The average Bonchev–Trinajstić information content (AvgIpc) is 2.88. The number of rotatable bonds is 4. The predicted molar refractivity (Wildman–Crippen MR) is 68.2 cm³/mol. The molecule has 0 radical (unpaired) electrons. The molecular formula is C13H24N2O3. The summed E-state index contributed by atoms with van der Waals surface area (Å²) in [7, 11) is 1.67. The molecule has 0 spiro atoms. The highest BCUT2D eigenvalue weighted by molar-refractivity contribution is 5.83. The Kier molecular flexibility index (Phi) is 4.59. The van der Waals surface area contributed by atoms with Crippen LogP contribution in [-0.4, -0.2) is 49.0 Å². The lowest BCUT2D eigenvalue weighted by atomic mass is 9.82. The van der Waals surface area contributed by atoms with Crippen LogP contribution in [0.2, 0.25) is 0 Å². The summed E-state index contributed by atoms with van der Waals surface area (Å²) < 4.78 is 5.24. The Morgan fingerprint density at radius 2 is 2.17 bits per heavy atom. The van der Waals surface area contributed by atoms with Gasteiger partial charge in [-0.05, 0) is 19.3 Å². The van der Waals surface area contributed by atoms with E-state index in [1.54, 1.807) is 7.11 Å². The molecule has 18 heavy (non-hydrogen) atoms. The molecule has 1 saturated carbocycles. The summed E-state index contributed by atoms with van der Waals surface area (Å²) in [4.78, 5) is 12.2. The number of nitrogens with one attached hydrogen (secondary N) is 2. The van der Waals surface area contributed by atoms with Crippen LogP contribution >= 0.6 is 0 Å². The molecule has 0 aromatic carbocycles. The van der Waals surface area contributed by atoms with Crippen LogP contribution < -0.4 is 10.6 Å². The molecule has 1 aliphatic carbocycles. The third-order valence-corrected chi connectivity index (χ3v) is 4.24. The lowest BCUT2D eigenvalue weighted by Gasteiger charge is -2.37. The zero-order valence-corrected chi connectivity index (χ0v) is 11.1. The number of amides is 1. The first kappa shape index (κ1) is 13.8. The Morgan fingerprint density at radius 3 is 2.72 bits per heavy atom. The number of carbonyl (C=O) groups excluding carboxylic acids is 1. The zero-order valence-electron chi connectivity index (χ0n) is 11.1. The van der Waals surface area contributed by atoms with E-state index < -0.39 is 0 Å². The van der Waals surface area contributed by atoms with Crippen molar-refractivity contribution in [2.75, 3.05) is 20.3 Å². The van der Waals surface area contributed by atoms with Gasteiger partial charge in [-0.25, -0.2) is 0 Å². The fraction of sp³-hybridized carbons (Fsp3) is 0.923. The largest absolute Gasteiger partial charge is 0.394 e. The van der Waals surface area contributed by atoms with Crippen LogP contribution in [0, 0.1) is 0 Å². The van der Waals surface area contributed by atoms with Gasteiger partial charge < -0.3 is 20.5 Å². The molecule has 104 valence electrons. The highest BCUT2D eigenvalue weighted by atomic mass is 16.5. The van der Waals surface area contributed by atoms with Crippen LogP contribution in [0.25, 0.3) is 0 Å². The van der Waals surface area contributed by atoms with Crippen LogP contribution in [0.4, 0.5) is 0 Å². The third kappa shape index (κ3) is 3.02. The van der Waals surface area contributed by atoms with E-state index in [0.717, 1.165) is 32.2 Å². The summed E-state index contributed by atoms with van der Waals surface area (Å²) in [6, 6.07) is -0.180. The number of hydrogen-bond acceptors (Lipinski definition) is 4. The van der Waals surface area contributed by atoms with E-state index >= 15 is 0 Å². The topological polar surface area (TPSA) is 70.6 Å². The maximum Gasteiger partial charge on any atom is 0.237 e. The Hall–Kier alpha value is -0.650. The Labute approximate surface area is 108 Å². The molecule has 3 N–H and O–H groups in total. The second-order valence-corrected chi connectivity index (χ2v) is 5.54. The molecule has 0 aromatic heterocycles. The van der Waals surface area contributed by atoms with E-state index in [1.807, 2.05) is 0 Å². The van der Waals surface area contributed by atoms with E-state index in [9.17, 15) is 9.90 Å². The van der Waals surface area contributed by atoms with Crippen molar-refractivity contribution in [2.45, 2.75) is 56.2 Å². The van der Waals surface area contributed by atoms with Gasteiger partial charge in [0.15, 0.2) is 0 Å². The van der Waals surface area contributed by atoms with Crippen molar-refractivity contribution < 1.29 is 14.6 Å². The van der Waals surface area contributed by atoms with Crippen LogP contribution in [0.5, 0.6) is 0 Å². The summed E-state index contributed by atoms with van der Waals surface area (Å²) in [6.07, 6.45) is 5.97. The number of hydrogen-bond donors (Lipinski definition) is 3. The normalized spacial score (nSPS) is 31.2. The molecule has 2 rings (SSSR count). The average molecular weight is 256 g/mol. The number of ether oxygens (including phenoxy) is 1. The minimum absolute atomic E-state index is 0.00509. The maximum atomic E-state index is 12.2. The van der Waals surface area contributed by atoms with Gasteiger partial charge in [0.05, 0.1) is 24.3 Å². The standard InChI is InChI=1S/C13H24N2O3/c1-18-10-7-11(14-8-10)12(17)15-13(9-16)5-3-2-4-6-13/h10-11,14,16H,2-9H2,1H3,(H,15,17). The minimum atomic E-state index is -0.387. The number of methoxy groups -OCH3 is 1. The summed E-state index contributed by atoms with van der Waals surface area (Å²) in [5.41, 5.74) is -0.387. The van der Waals surface area contributed by atoms with E-state index in [0.29, 0.717) is 6.42 Å². The highest BCUT2D eigenvalue weighted by Crippen LogP contribution is 2.28. The van der Waals surface area contributed by atoms with E-state index in [1.165, 1.54) is 6.42 Å². The molecule has 5 nitrogen and oxygen atoms in total. The second kappa shape index (κ2) is 5.99. The molecule has 5 heteroatoms. The SMILES string of the molecule is COC1CNC(C(=O)NC2(CO)CCCCC2)C1. The number of carbonyl (C=O) groups is 1. The molecule has 1 aliphatic heterocycles. The molecule has 1 heterocycles. The fourth-order valence-electron chi connectivity index (χ4n) is 2.98. The molecule has 0 aromatic rings. The second-order valence-electron chi connectivity index (χ2n) is 5.54. The molecule has 2 atom stereocenters. The van der Waals surface area contributed by atoms with Crippen LogP contribution in [0.1, 0.15) is 38.5 Å². The lowest BCUT2D eigenvalue weighted by molar-refractivity contribution is -0.126. The number of aliphatic hydroxyl groups is 1. The summed E-state index contributed by atoms with van der Waals surface area (Å²) in [5, 5.41) is 15.8. The van der Waals surface area contributed by atoms with Gasteiger partial charge in [-0.1, -0.05) is 19.3 Å². The molecular weight excluding hydrogens is 232 g/mol. The van der Waals surface area contributed by atoms with Crippen molar-refractivity contribution in [1.29, 1.82) is 0 Å². The maximum absolute atomic E-state index is 12.2. The zero-order chi connectivity index (χ0) is 13.0. The van der Waals surface area contributed by atoms with Crippen molar-refractivity contribution in [3.8, 4) is 0 Å². The van der Waals surface area contributed by atoms with Crippen molar-refractivity contribution in [2.24, 2.45) is 0 Å². The van der Waals surface area contributed by atoms with Gasteiger partial charge in [-0.15, -0.1) is 0 Å². The molecule has 2 fully saturated rings. The van der Waals surface area contributed by atoms with E-state index in [2.05, 4.69) is 10.6 Å². The van der Waals surface area contributed by atoms with E-state index in [4.69, 9.17) is 4.74 Å². The summed E-state index contributed by atoms with van der Waals surface area (Å²) >= 11 is 0. The van der Waals surface area contributed by atoms with Crippen LogP contribution in [0.15, 0.2) is 0 Å². The minimum Gasteiger partial charge on any atom is -0.394 e. The van der Waals surface area contributed by atoms with Gasteiger partial charge in [-0.2, -0.15) is 0 Å². The molecule has 2 unspecified atom stereocenters. The fourth-order valence-corrected chi connectivity index (χ4v) is 2.98.